The lowest BCUT2D eigenvalue weighted by atomic mass is 9.75. The van der Waals surface area contributed by atoms with Crippen LogP contribution in [0.1, 0.15) is 27.5 Å². The third kappa shape index (κ3) is 2.37. The fraction of sp³-hybridized carbons (Fsp3) is 0.304. The summed E-state index contributed by atoms with van der Waals surface area (Å²) in [5.41, 5.74) is 2.59. The molecule has 1 N–H and O–H groups in total. The molecule has 3 saturated heterocycles. The van der Waals surface area contributed by atoms with E-state index in [1.807, 2.05) is 36.5 Å². The molecule has 2 bridgehead atoms. The number of quaternary nitrogens is 1. The van der Waals surface area contributed by atoms with Crippen molar-refractivity contribution >= 4 is 17.6 Å². The van der Waals surface area contributed by atoms with Gasteiger partial charge in [-0.2, -0.15) is 0 Å². The minimum absolute atomic E-state index is 0.0780. The second-order valence-electron chi connectivity index (χ2n) is 8.13. The molecule has 4 aliphatic heterocycles. The number of rotatable bonds is 2. The van der Waals surface area contributed by atoms with Gasteiger partial charge in [0.25, 0.3) is 0 Å². The van der Waals surface area contributed by atoms with Gasteiger partial charge in [0.05, 0.1) is 30.7 Å². The first kappa shape index (κ1) is 17.2. The highest BCUT2D eigenvalue weighted by Crippen LogP contribution is 2.46. The molecule has 0 spiro atoms. The van der Waals surface area contributed by atoms with Gasteiger partial charge in [-0.25, -0.2) is 4.39 Å². The molecule has 0 aliphatic carbocycles. The van der Waals surface area contributed by atoms with E-state index in [1.165, 1.54) is 24.3 Å². The topological polar surface area (TPSA) is 57.0 Å². The summed E-state index contributed by atoms with van der Waals surface area (Å²) < 4.78 is 24.8. The molecule has 6 rings (SSSR count). The molecule has 0 saturated carbocycles. The molecular weight excluding hydrogens is 373 g/mol. The maximum Gasteiger partial charge on any atom is 0.220 e. The van der Waals surface area contributed by atoms with Crippen LogP contribution in [0.5, 0.6) is 0 Å². The van der Waals surface area contributed by atoms with E-state index in [0.717, 1.165) is 16.0 Å². The monoisotopic (exact) mass is 392 g/mol. The average Bonchev–Trinajstić information content (AvgIpc) is 3.33. The van der Waals surface area contributed by atoms with Crippen LogP contribution in [0, 0.1) is 17.7 Å². The van der Waals surface area contributed by atoms with Crippen LogP contribution in [0.25, 0.3) is 6.08 Å². The first-order valence-corrected chi connectivity index (χ1v) is 9.88. The Balaban J connectivity index is 1.50. The number of nitrogens with one attached hydrogen (secondary N) is 1. The van der Waals surface area contributed by atoms with E-state index in [-0.39, 0.29) is 41.4 Å². The Morgan fingerprint density at radius 2 is 1.90 bits per heavy atom. The molecule has 5 nitrogen and oxygen atoms in total. The molecule has 7 atom stereocenters. The quantitative estimate of drug-likeness (QED) is 0.789. The fourth-order valence-corrected chi connectivity index (χ4v) is 5.61. The van der Waals surface area contributed by atoms with Gasteiger partial charge < -0.3 is 9.47 Å². The predicted molar refractivity (Wildman–Crippen MR) is 100 cm³/mol. The van der Waals surface area contributed by atoms with E-state index in [9.17, 15) is 14.0 Å². The van der Waals surface area contributed by atoms with Crippen LogP contribution in [0.2, 0.25) is 0 Å². The number of ketones is 2. The number of hydrogen-bond donors (Lipinski definition) is 1. The highest BCUT2D eigenvalue weighted by atomic mass is 19.1. The molecule has 29 heavy (non-hydrogen) atoms. The van der Waals surface area contributed by atoms with Crippen molar-refractivity contribution < 1.29 is 28.4 Å². The van der Waals surface area contributed by atoms with Gasteiger partial charge >= 0.3 is 0 Å². The van der Waals surface area contributed by atoms with E-state index in [0.29, 0.717) is 12.2 Å². The van der Waals surface area contributed by atoms with Crippen molar-refractivity contribution in [3.05, 3.63) is 77.2 Å². The van der Waals surface area contributed by atoms with Crippen molar-refractivity contribution in [2.45, 2.75) is 24.5 Å². The minimum atomic E-state index is -0.833. The van der Waals surface area contributed by atoms with Crippen LogP contribution in [-0.2, 0) is 14.3 Å². The highest BCUT2D eigenvalue weighted by Gasteiger charge is 2.67. The zero-order valence-electron chi connectivity index (χ0n) is 15.5. The second-order valence-corrected chi connectivity index (χ2v) is 8.13. The van der Waals surface area contributed by atoms with Crippen molar-refractivity contribution in [2.24, 2.45) is 11.8 Å². The number of fused-ring (bicyclic) bond motifs is 8. The van der Waals surface area contributed by atoms with E-state index < -0.39 is 12.3 Å². The van der Waals surface area contributed by atoms with Crippen LogP contribution in [0.4, 0.5) is 4.39 Å². The largest absolute Gasteiger partial charge is 0.343 e. The first-order chi connectivity index (χ1) is 14.1. The van der Waals surface area contributed by atoms with E-state index >= 15 is 0 Å². The molecule has 6 heteroatoms. The van der Waals surface area contributed by atoms with E-state index in [1.54, 1.807) is 0 Å². The molecule has 1 unspecified atom stereocenters. The van der Waals surface area contributed by atoms with Crippen LogP contribution >= 0.6 is 0 Å². The molecule has 0 aromatic heterocycles. The Morgan fingerprint density at radius 1 is 1.10 bits per heavy atom. The van der Waals surface area contributed by atoms with Gasteiger partial charge in [-0.1, -0.05) is 24.3 Å². The summed E-state index contributed by atoms with van der Waals surface area (Å²) in [6, 6.07) is 13.0. The van der Waals surface area contributed by atoms with E-state index in [4.69, 9.17) is 9.47 Å². The summed E-state index contributed by atoms with van der Waals surface area (Å²) in [4.78, 5) is 27.8. The first-order valence-electron chi connectivity index (χ1n) is 9.88. The Labute approximate surface area is 166 Å². The van der Waals surface area contributed by atoms with Gasteiger partial charge in [0.1, 0.15) is 11.9 Å². The number of carbonyl (C=O) groups is 2. The summed E-state index contributed by atoms with van der Waals surface area (Å²) in [5, 5.41) is 0. The number of ether oxygens (including phenoxy) is 2. The third-order valence-electron chi connectivity index (χ3n) is 6.77. The molecule has 3 fully saturated rings. The van der Waals surface area contributed by atoms with Gasteiger partial charge in [-0.15, -0.1) is 0 Å². The number of benzene rings is 2. The van der Waals surface area contributed by atoms with Crippen LogP contribution in [0.3, 0.4) is 0 Å². The van der Waals surface area contributed by atoms with Gasteiger partial charge in [0, 0.05) is 11.1 Å². The van der Waals surface area contributed by atoms with Crippen molar-refractivity contribution in [1.82, 2.24) is 0 Å². The Hall–Kier alpha value is -2.67. The van der Waals surface area contributed by atoms with Gasteiger partial charge in [0.15, 0.2) is 11.8 Å². The molecular formula is C23H19FNO4+. The highest BCUT2D eigenvalue weighted by molar-refractivity contribution is 6.01. The van der Waals surface area contributed by atoms with Crippen molar-refractivity contribution in [3.63, 3.8) is 0 Å². The number of halogens is 1. The lowest BCUT2D eigenvalue weighted by Gasteiger charge is -2.30. The summed E-state index contributed by atoms with van der Waals surface area (Å²) in [6.45, 7) is 0.316. The molecule has 2 aromatic rings. The maximum atomic E-state index is 13.6. The predicted octanol–water partition coefficient (Wildman–Crippen LogP) is 1.56. The van der Waals surface area contributed by atoms with Crippen molar-refractivity contribution in [1.29, 1.82) is 0 Å². The van der Waals surface area contributed by atoms with Crippen LogP contribution < -0.4 is 4.90 Å². The summed E-state index contributed by atoms with van der Waals surface area (Å²) in [6.07, 6.45) is 2.89. The second kappa shape index (κ2) is 6.16. The van der Waals surface area contributed by atoms with Crippen molar-refractivity contribution in [3.8, 4) is 0 Å². The lowest BCUT2D eigenvalue weighted by Crippen LogP contribution is -3.11. The number of carbonyl (C=O) groups excluding carboxylic acids is 2. The van der Waals surface area contributed by atoms with Crippen molar-refractivity contribution in [2.75, 3.05) is 6.61 Å². The van der Waals surface area contributed by atoms with Gasteiger partial charge in [0.2, 0.25) is 12.1 Å². The molecule has 2 aromatic carbocycles. The Morgan fingerprint density at radius 3 is 2.72 bits per heavy atom. The standard InChI is InChI=1S/C23H18FNO4/c24-14-7-5-13(6-8-14)21(26)20-17-16-11-28-23(29-16)22(27)18(17)19-15-4-2-1-3-12(15)9-10-25(19)20/h1-10,16-20,23H,11H2/p+1/t16-,17-,18+,19-,20+,23-/m0/s1. The van der Waals surface area contributed by atoms with Crippen LogP contribution in [0.15, 0.2) is 54.7 Å². The molecule has 0 amide bonds. The normalized spacial score (nSPS) is 36.4. The zero-order chi connectivity index (χ0) is 19.7. The molecule has 4 aliphatic rings. The van der Waals surface area contributed by atoms with Crippen LogP contribution in [-0.4, -0.2) is 36.6 Å². The average molecular weight is 392 g/mol. The third-order valence-corrected chi connectivity index (χ3v) is 6.77. The fourth-order valence-electron chi connectivity index (χ4n) is 5.61. The molecule has 4 heterocycles. The molecule has 146 valence electrons. The maximum absolute atomic E-state index is 13.6. The van der Waals surface area contributed by atoms with E-state index in [2.05, 4.69) is 0 Å². The SMILES string of the molecule is O=C1[C@H]2OC[C@H](O2)[C@H]2[C@@H]1[C@@H]1c3ccccc3C=C[NH+]1[C@H]2C(=O)c1ccc(F)cc1. The zero-order valence-corrected chi connectivity index (χ0v) is 15.5. The summed E-state index contributed by atoms with van der Waals surface area (Å²) in [7, 11) is 0. The smallest absolute Gasteiger partial charge is 0.220 e. The summed E-state index contributed by atoms with van der Waals surface area (Å²) in [5.74, 6) is -1.19. The molecule has 0 radical (unpaired) electrons. The number of Topliss-reactive ketones (excluding diaryl/α,β-unsaturated/α-hetero) is 2. The minimum Gasteiger partial charge on any atom is -0.343 e. The van der Waals surface area contributed by atoms with Gasteiger partial charge in [-0.3, -0.25) is 14.5 Å². The Bertz CT molecular complexity index is 1050. The lowest BCUT2D eigenvalue weighted by molar-refractivity contribution is -0.884. The van der Waals surface area contributed by atoms with Gasteiger partial charge in [-0.05, 0) is 35.9 Å². The Kier molecular flexibility index (Phi) is 3.66. The summed E-state index contributed by atoms with van der Waals surface area (Å²) >= 11 is 0. The number of hydrogen-bond acceptors (Lipinski definition) is 4.